The third-order valence-electron chi connectivity index (χ3n) is 5.23. The highest BCUT2D eigenvalue weighted by Gasteiger charge is 2.37. The fourth-order valence-electron chi connectivity index (χ4n) is 3.62. The van der Waals surface area contributed by atoms with Crippen molar-refractivity contribution in [1.82, 2.24) is 10.6 Å². The molecule has 1 aliphatic heterocycles. The Morgan fingerprint density at radius 3 is 2.62 bits per heavy atom. The van der Waals surface area contributed by atoms with Crippen LogP contribution in [0.15, 0.2) is 35.3 Å². The number of halogens is 2. The fraction of sp³-hybridized carbons (Fsp3) is 0.476. The maximum absolute atomic E-state index is 6.32. The van der Waals surface area contributed by atoms with Crippen molar-refractivity contribution in [3.63, 3.8) is 0 Å². The molecule has 1 aliphatic rings. The average Bonchev–Trinajstić information content (AvgIpc) is 3.14. The molecule has 0 spiro atoms. The molecule has 160 valence electrons. The van der Waals surface area contributed by atoms with Crippen molar-refractivity contribution in [2.45, 2.75) is 31.7 Å². The third kappa shape index (κ3) is 6.23. The van der Waals surface area contributed by atoms with Gasteiger partial charge in [0.2, 0.25) is 0 Å². The second kappa shape index (κ2) is 11.4. The van der Waals surface area contributed by atoms with E-state index in [2.05, 4.69) is 34.7 Å². The van der Waals surface area contributed by atoms with E-state index in [1.807, 2.05) is 18.2 Å². The monoisotopic (exact) mass is 549 g/mol. The number of benzene rings is 1. The van der Waals surface area contributed by atoms with E-state index >= 15 is 0 Å². The van der Waals surface area contributed by atoms with E-state index in [0.29, 0.717) is 0 Å². The molecule has 5 nitrogen and oxygen atoms in total. The zero-order chi connectivity index (χ0) is 20.0. The summed E-state index contributed by atoms with van der Waals surface area (Å²) in [5.41, 5.74) is 1.01. The van der Waals surface area contributed by atoms with E-state index in [-0.39, 0.29) is 29.4 Å². The van der Waals surface area contributed by atoms with Gasteiger partial charge >= 0.3 is 0 Å². The molecule has 1 fully saturated rings. The van der Waals surface area contributed by atoms with Crippen molar-refractivity contribution in [3.8, 4) is 5.75 Å². The highest BCUT2D eigenvalue weighted by Crippen LogP contribution is 2.40. The number of thiophene rings is 1. The van der Waals surface area contributed by atoms with Crippen molar-refractivity contribution in [3.05, 3.63) is 50.7 Å². The van der Waals surface area contributed by atoms with Crippen molar-refractivity contribution in [1.29, 1.82) is 0 Å². The predicted molar refractivity (Wildman–Crippen MR) is 132 cm³/mol. The first-order valence-corrected chi connectivity index (χ1v) is 10.7. The van der Waals surface area contributed by atoms with E-state index in [4.69, 9.17) is 21.1 Å². The topological polar surface area (TPSA) is 54.9 Å². The smallest absolute Gasteiger partial charge is 0.191 e. The molecule has 8 heteroatoms. The number of aliphatic imine (C=N–C) groups is 1. The van der Waals surface area contributed by atoms with Crippen LogP contribution in [0.4, 0.5) is 0 Å². The lowest BCUT2D eigenvalue weighted by molar-refractivity contribution is 0.0505. The molecule has 0 atom stereocenters. The molecular formula is C21H29ClIN3O2S. The minimum atomic E-state index is -0.119. The number of rotatable bonds is 6. The van der Waals surface area contributed by atoms with Gasteiger partial charge in [0.25, 0.3) is 0 Å². The molecule has 0 amide bonds. The Kier molecular flexibility index (Phi) is 9.52. The Bertz CT molecular complexity index is 822. The molecular weight excluding hydrogens is 521 g/mol. The van der Waals surface area contributed by atoms with Crippen LogP contribution in [0, 0.1) is 6.92 Å². The minimum Gasteiger partial charge on any atom is -0.496 e. The molecule has 2 N–H and O–H groups in total. The normalized spacial score (nSPS) is 16.1. The molecule has 0 radical (unpaired) electrons. The van der Waals surface area contributed by atoms with E-state index in [1.165, 1.54) is 9.75 Å². The summed E-state index contributed by atoms with van der Waals surface area (Å²) in [5, 5.41) is 7.64. The minimum absolute atomic E-state index is 0. The van der Waals surface area contributed by atoms with Gasteiger partial charge in [0.05, 0.1) is 13.7 Å². The molecule has 1 aromatic carbocycles. The summed E-state index contributed by atoms with van der Waals surface area (Å²) in [7, 11) is 3.50. The molecule has 0 bridgehead atoms. The summed E-state index contributed by atoms with van der Waals surface area (Å²) in [6.07, 6.45) is 1.80. The molecule has 1 aromatic heterocycles. The summed E-state index contributed by atoms with van der Waals surface area (Å²) in [5.74, 6) is 1.66. The van der Waals surface area contributed by atoms with Crippen LogP contribution >= 0.6 is 46.9 Å². The summed E-state index contributed by atoms with van der Waals surface area (Å²) in [4.78, 5) is 6.99. The van der Waals surface area contributed by atoms with Gasteiger partial charge in [-0.15, -0.1) is 35.3 Å². The number of hydrogen-bond acceptors (Lipinski definition) is 4. The summed E-state index contributed by atoms with van der Waals surface area (Å²) < 4.78 is 11.3. The first-order chi connectivity index (χ1) is 13.6. The number of nitrogens with one attached hydrogen (secondary N) is 2. The molecule has 0 saturated carbocycles. The molecule has 0 unspecified atom stereocenters. The van der Waals surface area contributed by atoms with Gasteiger partial charge < -0.3 is 20.1 Å². The summed E-state index contributed by atoms with van der Waals surface area (Å²) in [6, 6.07) is 10.1. The SMILES string of the molecule is CN=C(NCc1ccc(C)s1)NCC1(c2cc(Cl)ccc2OC)CCOCC1.I. The lowest BCUT2D eigenvalue weighted by Crippen LogP contribution is -2.48. The highest BCUT2D eigenvalue weighted by atomic mass is 127. The second-order valence-corrected chi connectivity index (χ2v) is 8.84. The van der Waals surface area contributed by atoms with E-state index in [9.17, 15) is 0 Å². The molecule has 2 heterocycles. The van der Waals surface area contributed by atoms with Crippen LogP contribution in [0.1, 0.15) is 28.2 Å². The lowest BCUT2D eigenvalue weighted by atomic mass is 9.73. The fourth-order valence-corrected chi connectivity index (χ4v) is 4.62. The van der Waals surface area contributed by atoms with Crippen LogP contribution in [0.2, 0.25) is 5.02 Å². The average molecular weight is 550 g/mol. The van der Waals surface area contributed by atoms with Crippen LogP contribution in [0.5, 0.6) is 5.75 Å². The Balaban J connectivity index is 0.00000300. The molecule has 3 rings (SSSR count). The van der Waals surface area contributed by atoms with Gasteiger partial charge in [-0.2, -0.15) is 0 Å². The largest absolute Gasteiger partial charge is 0.496 e. The van der Waals surface area contributed by atoms with Gasteiger partial charge in [-0.3, -0.25) is 4.99 Å². The Morgan fingerprint density at radius 2 is 2.00 bits per heavy atom. The van der Waals surface area contributed by atoms with Gasteiger partial charge in [-0.25, -0.2) is 0 Å². The van der Waals surface area contributed by atoms with E-state index < -0.39 is 0 Å². The first-order valence-electron chi connectivity index (χ1n) is 9.48. The third-order valence-corrected chi connectivity index (χ3v) is 6.46. The van der Waals surface area contributed by atoms with E-state index in [0.717, 1.165) is 61.4 Å². The second-order valence-electron chi connectivity index (χ2n) is 7.03. The zero-order valence-electron chi connectivity index (χ0n) is 17.1. The maximum atomic E-state index is 6.32. The highest BCUT2D eigenvalue weighted by molar-refractivity contribution is 14.0. The number of guanidine groups is 1. The number of aryl methyl sites for hydroxylation is 1. The predicted octanol–water partition coefficient (Wildman–Crippen LogP) is 4.75. The van der Waals surface area contributed by atoms with Crippen molar-refractivity contribution in [2.75, 3.05) is 33.9 Å². The zero-order valence-corrected chi connectivity index (χ0v) is 21.0. The van der Waals surface area contributed by atoms with Crippen LogP contribution < -0.4 is 15.4 Å². The van der Waals surface area contributed by atoms with Gasteiger partial charge in [0.15, 0.2) is 5.96 Å². The van der Waals surface area contributed by atoms with Crippen molar-refractivity contribution in [2.24, 2.45) is 4.99 Å². The first kappa shape index (κ1) is 24.2. The molecule has 1 saturated heterocycles. The molecule has 29 heavy (non-hydrogen) atoms. The Labute approximate surface area is 199 Å². The quantitative estimate of drug-likeness (QED) is 0.310. The number of hydrogen-bond donors (Lipinski definition) is 2. The molecule has 0 aliphatic carbocycles. The number of methoxy groups -OCH3 is 1. The lowest BCUT2D eigenvalue weighted by Gasteiger charge is -2.39. The van der Waals surface area contributed by atoms with Crippen LogP contribution in [-0.4, -0.2) is 39.9 Å². The van der Waals surface area contributed by atoms with Gasteiger partial charge in [0.1, 0.15) is 5.75 Å². The Hall–Kier alpha value is -1.03. The number of nitrogens with zero attached hydrogens (tertiary/aromatic N) is 1. The maximum Gasteiger partial charge on any atom is 0.191 e. The van der Waals surface area contributed by atoms with Crippen LogP contribution in [-0.2, 0) is 16.7 Å². The van der Waals surface area contributed by atoms with Crippen molar-refractivity contribution >= 4 is 52.9 Å². The summed E-state index contributed by atoms with van der Waals surface area (Å²) in [6.45, 7) is 5.05. The summed E-state index contributed by atoms with van der Waals surface area (Å²) >= 11 is 8.12. The van der Waals surface area contributed by atoms with Gasteiger partial charge in [0, 0.05) is 52.6 Å². The van der Waals surface area contributed by atoms with Crippen LogP contribution in [0.25, 0.3) is 0 Å². The standard InChI is InChI=1S/C21H28ClN3O2S.HI/c1-15-4-6-17(28-15)13-24-20(23-2)25-14-21(8-10-27-11-9-21)18-12-16(22)5-7-19(18)26-3;/h4-7,12H,8-11,13-14H2,1-3H3,(H2,23,24,25);1H. The van der Waals surface area contributed by atoms with Gasteiger partial charge in [-0.05, 0) is 50.1 Å². The van der Waals surface area contributed by atoms with Crippen molar-refractivity contribution < 1.29 is 9.47 Å². The van der Waals surface area contributed by atoms with Gasteiger partial charge in [-0.1, -0.05) is 11.6 Å². The number of ether oxygens (including phenoxy) is 2. The molecule has 2 aromatic rings. The van der Waals surface area contributed by atoms with Crippen LogP contribution in [0.3, 0.4) is 0 Å². The Morgan fingerprint density at radius 1 is 1.24 bits per heavy atom. The van der Waals surface area contributed by atoms with E-state index in [1.54, 1.807) is 25.5 Å².